The van der Waals surface area contributed by atoms with Gasteiger partial charge in [0.25, 0.3) is 5.91 Å². The van der Waals surface area contributed by atoms with E-state index >= 15 is 0 Å². The fourth-order valence-corrected chi connectivity index (χ4v) is 2.89. The molecule has 0 aromatic heterocycles. The summed E-state index contributed by atoms with van der Waals surface area (Å²) in [6.45, 7) is 4.87. The van der Waals surface area contributed by atoms with Crippen LogP contribution < -0.4 is 10.0 Å². The SMILES string of the molecule is CCCCNC(=O)c1cc(S(=O)(=O)NCCOC)ccc1C. The number of hydrogen-bond donors (Lipinski definition) is 2. The summed E-state index contributed by atoms with van der Waals surface area (Å²) in [6.07, 6.45) is 1.87. The van der Waals surface area contributed by atoms with Gasteiger partial charge in [0.2, 0.25) is 10.0 Å². The van der Waals surface area contributed by atoms with E-state index in [1.54, 1.807) is 13.0 Å². The molecule has 0 heterocycles. The molecule has 2 N–H and O–H groups in total. The Kier molecular flexibility index (Phi) is 7.50. The fraction of sp³-hybridized carbons (Fsp3) is 0.533. The monoisotopic (exact) mass is 328 g/mol. The van der Waals surface area contributed by atoms with Crippen molar-refractivity contribution in [3.8, 4) is 0 Å². The van der Waals surface area contributed by atoms with E-state index in [-0.39, 0.29) is 24.0 Å². The fourth-order valence-electron chi connectivity index (χ4n) is 1.85. The van der Waals surface area contributed by atoms with E-state index in [1.165, 1.54) is 19.2 Å². The zero-order chi connectivity index (χ0) is 16.6. The maximum Gasteiger partial charge on any atom is 0.251 e. The predicted octanol–water partition coefficient (Wildman–Crippen LogP) is 1.45. The molecule has 22 heavy (non-hydrogen) atoms. The third-order valence-electron chi connectivity index (χ3n) is 3.18. The first kappa shape index (κ1) is 18.6. The van der Waals surface area contributed by atoms with Crippen LogP contribution in [0.15, 0.2) is 23.1 Å². The normalized spacial score (nSPS) is 11.4. The van der Waals surface area contributed by atoms with Crippen molar-refractivity contribution in [2.75, 3.05) is 26.8 Å². The van der Waals surface area contributed by atoms with Crippen molar-refractivity contribution in [3.05, 3.63) is 29.3 Å². The Bertz CT molecular complexity index is 600. The minimum Gasteiger partial charge on any atom is -0.383 e. The molecule has 1 amide bonds. The van der Waals surface area contributed by atoms with E-state index in [9.17, 15) is 13.2 Å². The van der Waals surface area contributed by atoms with E-state index in [2.05, 4.69) is 10.0 Å². The zero-order valence-electron chi connectivity index (χ0n) is 13.3. The number of carbonyl (C=O) groups is 1. The van der Waals surface area contributed by atoms with Crippen LogP contribution in [0, 0.1) is 6.92 Å². The molecule has 0 saturated heterocycles. The Balaban J connectivity index is 2.91. The molecule has 0 aliphatic heterocycles. The van der Waals surface area contributed by atoms with Gasteiger partial charge in [-0.05, 0) is 31.0 Å². The number of methoxy groups -OCH3 is 1. The molecule has 124 valence electrons. The van der Waals surface area contributed by atoms with Crippen molar-refractivity contribution in [1.82, 2.24) is 10.0 Å². The summed E-state index contributed by atoms with van der Waals surface area (Å²) in [7, 11) is -2.14. The highest BCUT2D eigenvalue weighted by molar-refractivity contribution is 7.89. The summed E-state index contributed by atoms with van der Waals surface area (Å²) in [4.78, 5) is 12.2. The largest absolute Gasteiger partial charge is 0.383 e. The molecule has 0 aliphatic carbocycles. The van der Waals surface area contributed by atoms with Crippen molar-refractivity contribution in [2.24, 2.45) is 0 Å². The van der Waals surface area contributed by atoms with Gasteiger partial charge >= 0.3 is 0 Å². The molecule has 6 nitrogen and oxygen atoms in total. The molecule has 0 radical (unpaired) electrons. The number of sulfonamides is 1. The smallest absolute Gasteiger partial charge is 0.251 e. The van der Waals surface area contributed by atoms with Crippen molar-refractivity contribution >= 4 is 15.9 Å². The lowest BCUT2D eigenvalue weighted by molar-refractivity contribution is 0.0952. The minimum atomic E-state index is -3.64. The van der Waals surface area contributed by atoms with Crippen molar-refractivity contribution in [2.45, 2.75) is 31.6 Å². The van der Waals surface area contributed by atoms with E-state index < -0.39 is 10.0 Å². The number of nitrogens with one attached hydrogen (secondary N) is 2. The van der Waals surface area contributed by atoms with Gasteiger partial charge in [0.1, 0.15) is 0 Å². The quantitative estimate of drug-likeness (QED) is 0.672. The summed E-state index contributed by atoms with van der Waals surface area (Å²) in [5.74, 6) is -0.250. The third kappa shape index (κ3) is 5.40. The number of carbonyl (C=O) groups excluding carboxylic acids is 1. The number of amides is 1. The highest BCUT2D eigenvalue weighted by Crippen LogP contribution is 2.15. The number of ether oxygens (including phenoxy) is 1. The topological polar surface area (TPSA) is 84.5 Å². The molecule has 0 fully saturated rings. The van der Waals surface area contributed by atoms with Gasteiger partial charge in [-0.3, -0.25) is 4.79 Å². The first-order chi connectivity index (χ1) is 10.4. The first-order valence-corrected chi connectivity index (χ1v) is 8.78. The highest BCUT2D eigenvalue weighted by Gasteiger charge is 2.17. The standard InChI is InChI=1S/C15H24N2O4S/c1-4-5-8-16-15(18)14-11-13(7-6-12(14)2)22(19,20)17-9-10-21-3/h6-7,11,17H,4-5,8-10H2,1-3H3,(H,16,18). The molecular formula is C15H24N2O4S. The molecule has 1 rings (SSSR count). The van der Waals surface area contributed by atoms with Crippen LogP contribution in [-0.4, -0.2) is 41.1 Å². The Hall–Kier alpha value is -1.44. The second-order valence-electron chi connectivity index (χ2n) is 4.98. The molecule has 0 spiro atoms. The molecule has 1 aromatic carbocycles. The van der Waals surface area contributed by atoms with Gasteiger partial charge in [-0.15, -0.1) is 0 Å². The molecular weight excluding hydrogens is 304 g/mol. The van der Waals surface area contributed by atoms with Crippen molar-refractivity contribution < 1.29 is 17.9 Å². The molecule has 0 aliphatic rings. The van der Waals surface area contributed by atoms with Crippen LogP contribution in [0.5, 0.6) is 0 Å². The molecule has 7 heteroatoms. The van der Waals surface area contributed by atoms with Gasteiger partial charge in [-0.1, -0.05) is 19.4 Å². The summed E-state index contributed by atoms with van der Waals surface area (Å²) >= 11 is 0. The number of hydrogen-bond acceptors (Lipinski definition) is 4. The number of benzene rings is 1. The summed E-state index contributed by atoms with van der Waals surface area (Å²) in [5, 5.41) is 2.80. The second kappa shape index (κ2) is 8.87. The van der Waals surface area contributed by atoms with E-state index in [0.717, 1.165) is 18.4 Å². The van der Waals surface area contributed by atoms with Crippen LogP contribution >= 0.6 is 0 Å². The molecule has 0 atom stereocenters. The number of unbranched alkanes of at least 4 members (excludes halogenated alkanes) is 1. The third-order valence-corrected chi connectivity index (χ3v) is 4.64. The van der Waals surface area contributed by atoms with Crippen LogP contribution in [0.25, 0.3) is 0 Å². The summed E-state index contributed by atoms with van der Waals surface area (Å²) in [5.41, 5.74) is 1.12. The van der Waals surface area contributed by atoms with E-state index in [0.29, 0.717) is 12.1 Å². The lowest BCUT2D eigenvalue weighted by atomic mass is 10.1. The van der Waals surface area contributed by atoms with Gasteiger partial charge < -0.3 is 10.1 Å². The number of rotatable bonds is 9. The lowest BCUT2D eigenvalue weighted by Gasteiger charge is -2.11. The van der Waals surface area contributed by atoms with E-state index in [1.807, 2.05) is 6.92 Å². The minimum absolute atomic E-state index is 0.0786. The van der Waals surface area contributed by atoms with Gasteiger partial charge in [-0.25, -0.2) is 13.1 Å². The van der Waals surface area contributed by atoms with Gasteiger partial charge in [0.15, 0.2) is 0 Å². The Morgan fingerprint density at radius 1 is 1.27 bits per heavy atom. The first-order valence-electron chi connectivity index (χ1n) is 7.29. The predicted molar refractivity (Wildman–Crippen MR) is 85.5 cm³/mol. The van der Waals surface area contributed by atoms with E-state index in [4.69, 9.17) is 4.74 Å². The number of aryl methyl sites for hydroxylation is 1. The molecule has 0 bridgehead atoms. The van der Waals surface area contributed by atoms with Crippen LogP contribution in [-0.2, 0) is 14.8 Å². The summed E-state index contributed by atoms with van der Waals surface area (Å²) < 4.78 is 31.6. The average molecular weight is 328 g/mol. The maximum absolute atomic E-state index is 12.2. The Morgan fingerprint density at radius 2 is 2.00 bits per heavy atom. The van der Waals surface area contributed by atoms with Crippen molar-refractivity contribution in [1.29, 1.82) is 0 Å². The molecule has 0 unspecified atom stereocenters. The van der Waals surface area contributed by atoms with Gasteiger partial charge in [0.05, 0.1) is 11.5 Å². The molecule has 0 saturated carbocycles. The van der Waals surface area contributed by atoms with Crippen molar-refractivity contribution in [3.63, 3.8) is 0 Å². The van der Waals surface area contributed by atoms with Crippen LogP contribution in [0.2, 0.25) is 0 Å². The molecule has 1 aromatic rings. The maximum atomic E-state index is 12.2. The summed E-state index contributed by atoms with van der Waals surface area (Å²) in [6, 6.07) is 4.54. The van der Waals surface area contributed by atoms with Crippen LogP contribution in [0.4, 0.5) is 0 Å². The highest BCUT2D eigenvalue weighted by atomic mass is 32.2. The Morgan fingerprint density at radius 3 is 2.64 bits per heavy atom. The average Bonchev–Trinajstić information content (AvgIpc) is 2.47. The Labute approximate surface area is 132 Å². The zero-order valence-corrected chi connectivity index (χ0v) is 14.1. The van der Waals surface area contributed by atoms with Gasteiger partial charge in [0, 0.05) is 25.8 Å². The lowest BCUT2D eigenvalue weighted by Crippen LogP contribution is -2.28. The van der Waals surface area contributed by atoms with Gasteiger partial charge in [-0.2, -0.15) is 0 Å². The van der Waals surface area contributed by atoms with Crippen LogP contribution in [0.1, 0.15) is 35.7 Å². The van der Waals surface area contributed by atoms with Crippen LogP contribution in [0.3, 0.4) is 0 Å². The second-order valence-corrected chi connectivity index (χ2v) is 6.74.